The Kier molecular flexibility index (Phi) is 34.3. The minimum absolute atomic E-state index is 0.00146. The summed E-state index contributed by atoms with van der Waals surface area (Å²) in [6.45, 7) is 12.2. The predicted octanol–water partition coefficient (Wildman–Crippen LogP) is 1.67. The Bertz CT molecular complexity index is 2440. The van der Waals surface area contributed by atoms with Crippen LogP contribution in [0.4, 0.5) is 0 Å². The Morgan fingerprint density at radius 1 is 0.675 bits per heavy atom. The lowest BCUT2D eigenvalue weighted by Gasteiger charge is -2.46. The number of amides is 1. The van der Waals surface area contributed by atoms with Gasteiger partial charge in [0.2, 0.25) is 12.7 Å². The van der Waals surface area contributed by atoms with E-state index in [2.05, 4.69) is 19.7 Å². The Labute approximate surface area is 468 Å². The van der Waals surface area contributed by atoms with E-state index < -0.39 is 87.0 Å². The smallest absolute Gasteiger partial charge is 0.330 e. The second-order valence-electron chi connectivity index (χ2n) is 16.7. The first-order chi connectivity index (χ1) is 38.7. The van der Waals surface area contributed by atoms with Crippen LogP contribution >= 0.6 is 11.3 Å². The van der Waals surface area contributed by atoms with E-state index in [1.54, 1.807) is 39.0 Å². The number of hydrogen-bond donors (Lipinski definition) is 1. The maximum absolute atomic E-state index is 15.1. The number of ether oxygens (including phenoxy) is 16. The van der Waals surface area contributed by atoms with Crippen molar-refractivity contribution >= 4 is 63.4 Å². The van der Waals surface area contributed by atoms with E-state index in [-0.39, 0.29) is 123 Å². The standard InChI is InChI=1S/C54H75N3O22S/c1-7-47(59)70-27-19-64-17-25-68-39(5)57(46(58)35-76-41-15-16-45-43(33-41)52(63)42-13-11-12-14-44(42)80-45)54(36-77-40(6)69-26-18-65-20-28-71-48(60)8-2,38-79-53(56)75-32-24-67-22-30-73-50(62)10-4)37-78-51(34-55)74-31-23-66-21-29-72-49(61)9-3/h8-10,13-16,33,39-40,51,53H,2-4,7,11-12,17-32,35-38,56H2,1,5-6H3. The van der Waals surface area contributed by atoms with Gasteiger partial charge in [-0.15, -0.1) is 11.3 Å². The van der Waals surface area contributed by atoms with Gasteiger partial charge in [-0.05, 0) is 44.9 Å². The van der Waals surface area contributed by atoms with E-state index in [0.29, 0.717) is 10.6 Å². The Morgan fingerprint density at radius 3 is 1.76 bits per heavy atom. The summed E-state index contributed by atoms with van der Waals surface area (Å²) in [6.07, 6.45) is 3.44. The van der Waals surface area contributed by atoms with Crippen LogP contribution in [0, 0.1) is 11.3 Å². The van der Waals surface area contributed by atoms with Gasteiger partial charge in [-0.25, -0.2) is 14.4 Å². The van der Waals surface area contributed by atoms with Gasteiger partial charge in [-0.2, -0.15) is 5.26 Å². The molecule has 3 rings (SSSR count). The summed E-state index contributed by atoms with van der Waals surface area (Å²) >= 11 is 1.47. The Hall–Kier alpha value is -6.03. The molecule has 80 heavy (non-hydrogen) atoms. The molecule has 2 aromatic rings. The summed E-state index contributed by atoms with van der Waals surface area (Å²) in [4.78, 5) is 76.0. The Balaban J connectivity index is 2.02. The van der Waals surface area contributed by atoms with Crippen molar-refractivity contribution in [2.24, 2.45) is 5.73 Å². The zero-order valence-corrected chi connectivity index (χ0v) is 46.5. The molecule has 5 atom stereocenters. The highest BCUT2D eigenvalue weighted by atomic mass is 32.1. The molecule has 26 heteroatoms. The molecule has 1 aromatic heterocycles. The number of esters is 4. The summed E-state index contributed by atoms with van der Waals surface area (Å²) < 4.78 is 91.9. The van der Waals surface area contributed by atoms with E-state index in [4.69, 9.17) is 81.5 Å². The van der Waals surface area contributed by atoms with Crippen LogP contribution in [-0.2, 0) is 95.0 Å². The van der Waals surface area contributed by atoms with Crippen molar-refractivity contribution in [1.29, 1.82) is 5.26 Å². The van der Waals surface area contributed by atoms with Crippen molar-refractivity contribution in [1.82, 2.24) is 4.90 Å². The molecule has 1 aliphatic carbocycles. The van der Waals surface area contributed by atoms with Crippen LogP contribution in [0.15, 0.2) is 61.0 Å². The lowest BCUT2D eigenvalue weighted by molar-refractivity contribution is -0.236. The van der Waals surface area contributed by atoms with Crippen molar-refractivity contribution in [2.45, 2.75) is 70.8 Å². The third-order valence-corrected chi connectivity index (χ3v) is 12.0. The molecular weight excluding hydrogens is 1070 g/mol. The number of benzene rings is 1. The number of fused-ring (bicyclic) bond motifs is 2. The first kappa shape index (κ1) is 68.2. The van der Waals surface area contributed by atoms with Crippen LogP contribution in [0.1, 0.15) is 40.0 Å². The van der Waals surface area contributed by atoms with E-state index in [0.717, 1.165) is 40.3 Å². The van der Waals surface area contributed by atoms with Gasteiger partial charge in [0.05, 0.1) is 99.1 Å². The number of rotatable bonds is 46. The topological polar surface area (TPSA) is 303 Å². The van der Waals surface area contributed by atoms with E-state index >= 15 is 4.79 Å². The van der Waals surface area contributed by atoms with Gasteiger partial charge in [-0.1, -0.05) is 38.8 Å². The molecule has 0 fully saturated rings. The van der Waals surface area contributed by atoms with Crippen LogP contribution in [0.3, 0.4) is 0 Å². The number of hydrogen-bond acceptors (Lipinski definition) is 25. The zero-order chi connectivity index (χ0) is 58.4. The molecular formula is C54H75N3O22S. The largest absolute Gasteiger partial charge is 0.484 e. The molecule has 0 saturated heterocycles. The number of nitrogens with two attached hydrogens (primary N) is 1. The summed E-state index contributed by atoms with van der Waals surface area (Å²) in [5.74, 6) is -2.77. The van der Waals surface area contributed by atoms with Crippen LogP contribution in [0.2, 0.25) is 0 Å². The molecule has 0 radical (unpaired) electrons. The highest BCUT2D eigenvalue weighted by molar-refractivity contribution is 7.16. The van der Waals surface area contributed by atoms with E-state index in [9.17, 15) is 29.2 Å². The second-order valence-corrected chi connectivity index (χ2v) is 17.8. The fourth-order valence-electron chi connectivity index (χ4n) is 7.01. The van der Waals surface area contributed by atoms with Crippen LogP contribution in [0.25, 0.3) is 22.2 Å². The second kappa shape index (κ2) is 40.2. The molecule has 0 aliphatic heterocycles. The monoisotopic (exact) mass is 1150 g/mol. The molecule has 444 valence electrons. The van der Waals surface area contributed by atoms with Crippen LogP contribution in [-0.4, -0.2) is 198 Å². The Morgan fingerprint density at radius 2 is 1.19 bits per heavy atom. The molecule has 2 N–H and O–H groups in total. The normalized spacial score (nSPS) is 14.0. The number of nitriles is 1. The zero-order valence-electron chi connectivity index (χ0n) is 45.7. The van der Waals surface area contributed by atoms with Crippen molar-refractivity contribution in [2.75, 3.05) is 132 Å². The number of carbonyl (C=O) groups excluding carboxylic acids is 5. The molecule has 1 aliphatic rings. The highest BCUT2D eigenvalue weighted by Crippen LogP contribution is 2.26. The molecule has 1 heterocycles. The molecule has 25 nitrogen and oxygen atoms in total. The van der Waals surface area contributed by atoms with Crippen molar-refractivity contribution in [3.8, 4) is 11.8 Å². The SMILES string of the molecule is C=CC(=O)OCCOCCOC(C)OCC(COC(N)OCCOCCOC(=O)C=C)(COC(C#N)OCCOCCOC(=O)C=C)N(C(=O)COc1ccc2sc3c(c(=O)c2c1)=CCCC=3)C(C)OCCOCCOC(=O)CC. The maximum Gasteiger partial charge on any atom is 0.330 e. The fraction of sp³-hybridized carbons (Fsp3) is 0.574. The molecule has 0 bridgehead atoms. The minimum atomic E-state index is -1.85. The molecule has 1 aromatic carbocycles. The first-order valence-corrected chi connectivity index (χ1v) is 26.5. The molecule has 1 amide bonds. The summed E-state index contributed by atoms with van der Waals surface area (Å²) in [5, 5.41) is 11.3. The molecule has 0 saturated carbocycles. The molecule has 0 spiro atoms. The summed E-state index contributed by atoms with van der Waals surface area (Å²) in [5.41, 5.74) is 4.33. The fourth-order valence-corrected chi connectivity index (χ4v) is 8.13. The predicted molar refractivity (Wildman–Crippen MR) is 287 cm³/mol. The van der Waals surface area contributed by atoms with Crippen LogP contribution < -0.4 is 25.7 Å². The lowest BCUT2D eigenvalue weighted by Crippen LogP contribution is -2.65. The van der Waals surface area contributed by atoms with Gasteiger partial charge in [0.15, 0.2) is 18.3 Å². The van der Waals surface area contributed by atoms with Crippen molar-refractivity contribution in [3.05, 3.63) is 76.1 Å². The van der Waals surface area contributed by atoms with Gasteiger partial charge in [0.1, 0.15) is 50.0 Å². The average molecular weight is 1150 g/mol. The molecule has 5 unspecified atom stereocenters. The van der Waals surface area contributed by atoms with Gasteiger partial charge in [-0.3, -0.25) is 20.1 Å². The third kappa shape index (κ3) is 26.5. The average Bonchev–Trinajstić information content (AvgIpc) is 3.49. The van der Waals surface area contributed by atoms with E-state index in [1.165, 1.54) is 16.2 Å². The summed E-state index contributed by atoms with van der Waals surface area (Å²) in [6, 6.07) is 6.89. The lowest BCUT2D eigenvalue weighted by atomic mass is 9.99. The summed E-state index contributed by atoms with van der Waals surface area (Å²) in [7, 11) is 0. The quantitative estimate of drug-likeness (QED) is 0.0324. The first-order valence-electron chi connectivity index (χ1n) is 25.7. The highest BCUT2D eigenvalue weighted by Gasteiger charge is 2.46. The van der Waals surface area contributed by atoms with Gasteiger partial charge in [0, 0.05) is 44.5 Å². The third-order valence-electron chi connectivity index (χ3n) is 10.9. The maximum atomic E-state index is 15.1. The van der Waals surface area contributed by atoms with Crippen molar-refractivity contribution in [3.63, 3.8) is 0 Å². The van der Waals surface area contributed by atoms with Gasteiger partial charge in [0.25, 0.3) is 5.91 Å². The number of nitrogens with zero attached hydrogens (tertiary/aromatic N) is 2. The van der Waals surface area contributed by atoms with Gasteiger partial charge >= 0.3 is 23.9 Å². The van der Waals surface area contributed by atoms with Crippen LogP contribution in [0.5, 0.6) is 5.75 Å². The number of carbonyl (C=O) groups is 5. The van der Waals surface area contributed by atoms with Gasteiger partial charge < -0.3 is 80.7 Å². The van der Waals surface area contributed by atoms with Crippen molar-refractivity contribution < 1.29 is 99.8 Å². The minimum Gasteiger partial charge on any atom is -0.484 e. The van der Waals surface area contributed by atoms with E-state index in [1.807, 2.05) is 18.2 Å².